The van der Waals surface area contributed by atoms with E-state index < -0.39 is 5.82 Å². The number of rotatable bonds is 4. The van der Waals surface area contributed by atoms with Crippen LogP contribution >= 0.6 is 0 Å². The summed E-state index contributed by atoms with van der Waals surface area (Å²) in [4.78, 5) is 12.1. The molecule has 6 heteroatoms. The molecule has 1 heterocycles. The van der Waals surface area contributed by atoms with Gasteiger partial charge in [0, 0.05) is 18.1 Å². The predicted molar refractivity (Wildman–Crippen MR) is 73.7 cm³/mol. The van der Waals surface area contributed by atoms with Crippen LogP contribution in [0.4, 0.5) is 10.1 Å². The number of amides is 1. The minimum absolute atomic E-state index is 0.0799. The maximum Gasteiger partial charge on any atom is 0.227 e. The maximum absolute atomic E-state index is 13.9. The molecular weight excluding hydrogens is 263 g/mol. The molecule has 0 aromatic heterocycles. The average molecular weight is 282 g/mol. The summed E-state index contributed by atoms with van der Waals surface area (Å²) in [7, 11) is 2.90. The predicted octanol–water partition coefficient (Wildman–Crippen LogP) is 1.78. The van der Waals surface area contributed by atoms with Gasteiger partial charge in [0.1, 0.15) is 0 Å². The van der Waals surface area contributed by atoms with Gasteiger partial charge in [0.15, 0.2) is 17.3 Å². The van der Waals surface area contributed by atoms with Gasteiger partial charge in [-0.05, 0) is 25.9 Å². The number of methoxy groups -OCH3 is 2. The van der Waals surface area contributed by atoms with E-state index in [0.717, 1.165) is 25.9 Å². The SMILES string of the molecule is COc1cc(F)c(NC(=O)C2CCNCC2)cc1OC. The van der Waals surface area contributed by atoms with Crippen molar-refractivity contribution >= 4 is 11.6 Å². The molecule has 0 unspecified atom stereocenters. The normalized spacial score (nSPS) is 15.8. The topological polar surface area (TPSA) is 59.6 Å². The molecule has 1 aliphatic rings. The lowest BCUT2D eigenvalue weighted by Gasteiger charge is -2.22. The van der Waals surface area contributed by atoms with E-state index in [4.69, 9.17) is 9.47 Å². The average Bonchev–Trinajstić information content (AvgIpc) is 2.49. The highest BCUT2D eigenvalue weighted by Crippen LogP contribution is 2.32. The van der Waals surface area contributed by atoms with Crippen LogP contribution in [0.15, 0.2) is 12.1 Å². The minimum Gasteiger partial charge on any atom is -0.493 e. The lowest BCUT2D eigenvalue weighted by molar-refractivity contribution is -0.120. The van der Waals surface area contributed by atoms with E-state index in [0.29, 0.717) is 11.5 Å². The molecule has 0 aliphatic carbocycles. The fourth-order valence-corrected chi connectivity index (χ4v) is 2.27. The minimum atomic E-state index is -0.537. The maximum atomic E-state index is 13.9. The van der Waals surface area contributed by atoms with Crippen LogP contribution < -0.4 is 20.1 Å². The molecule has 0 spiro atoms. The van der Waals surface area contributed by atoms with E-state index in [1.807, 2.05) is 0 Å². The van der Waals surface area contributed by atoms with Crippen LogP contribution in [0.1, 0.15) is 12.8 Å². The molecule has 1 aliphatic heterocycles. The smallest absolute Gasteiger partial charge is 0.227 e. The number of piperidine rings is 1. The van der Waals surface area contributed by atoms with Crippen molar-refractivity contribution in [3.8, 4) is 11.5 Å². The first kappa shape index (κ1) is 14.6. The zero-order valence-corrected chi connectivity index (χ0v) is 11.7. The first-order valence-corrected chi connectivity index (χ1v) is 6.58. The highest BCUT2D eigenvalue weighted by Gasteiger charge is 2.22. The van der Waals surface area contributed by atoms with Crippen molar-refractivity contribution in [2.24, 2.45) is 5.92 Å². The van der Waals surface area contributed by atoms with Crippen molar-refractivity contribution in [1.82, 2.24) is 5.32 Å². The summed E-state index contributed by atoms with van der Waals surface area (Å²) >= 11 is 0. The van der Waals surface area contributed by atoms with Crippen LogP contribution in [-0.4, -0.2) is 33.2 Å². The Morgan fingerprint density at radius 2 is 1.85 bits per heavy atom. The van der Waals surface area contributed by atoms with E-state index in [1.54, 1.807) is 0 Å². The van der Waals surface area contributed by atoms with Gasteiger partial charge in [0.25, 0.3) is 0 Å². The number of benzene rings is 1. The van der Waals surface area contributed by atoms with Crippen LogP contribution in [0.3, 0.4) is 0 Å². The van der Waals surface area contributed by atoms with Crippen molar-refractivity contribution in [1.29, 1.82) is 0 Å². The van der Waals surface area contributed by atoms with Gasteiger partial charge in [-0.1, -0.05) is 0 Å². The molecule has 110 valence electrons. The third-order valence-corrected chi connectivity index (χ3v) is 3.44. The van der Waals surface area contributed by atoms with Crippen molar-refractivity contribution in [3.63, 3.8) is 0 Å². The number of hydrogen-bond donors (Lipinski definition) is 2. The van der Waals surface area contributed by atoms with E-state index in [1.165, 1.54) is 26.4 Å². The zero-order valence-electron chi connectivity index (χ0n) is 11.7. The molecule has 1 aromatic rings. The second-order valence-corrected chi connectivity index (χ2v) is 4.70. The van der Waals surface area contributed by atoms with E-state index in [2.05, 4.69) is 10.6 Å². The van der Waals surface area contributed by atoms with Gasteiger partial charge in [0.2, 0.25) is 5.91 Å². The first-order chi connectivity index (χ1) is 9.65. The molecule has 0 radical (unpaired) electrons. The molecule has 2 N–H and O–H groups in total. The summed E-state index contributed by atoms with van der Waals surface area (Å²) < 4.78 is 24.0. The Hall–Kier alpha value is -1.82. The summed E-state index contributed by atoms with van der Waals surface area (Å²) in [5, 5.41) is 5.82. The Kier molecular flexibility index (Phi) is 4.79. The van der Waals surface area contributed by atoms with Crippen molar-refractivity contribution in [2.45, 2.75) is 12.8 Å². The molecule has 2 rings (SSSR count). The molecule has 1 amide bonds. The third kappa shape index (κ3) is 3.19. The fraction of sp³-hybridized carbons (Fsp3) is 0.500. The summed E-state index contributed by atoms with van der Waals surface area (Å²) in [6.07, 6.45) is 1.53. The van der Waals surface area contributed by atoms with E-state index in [9.17, 15) is 9.18 Å². The highest BCUT2D eigenvalue weighted by molar-refractivity contribution is 5.93. The molecule has 0 bridgehead atoms. The number of nitrogens with one attached hydrogen (secondary N) is 2. The number of anilines is 1. The number of carbonyl (C=O) groups is 1. The molecule has 0 saturated carbocycles. The molecule has 20 heavy (non-hydrogen) atoms. The van der Waals surface area contributed by atoms with Crippen LogP contribution in [0.5, 0.6) is 11.5 Å². The molecule has 1 fully saturated rings. The summed E-state index contributed by atoms with van der Waals surface area (Å²) in [6, 6.07) is 2.64. The number of halogens is 1. The van der Waals surface area contributed by atoms with E-state index in [-0.39, 0.29) is 17.5 Å². The quantitative estimate of drug-likeness (QED) is 0.884. The highest BCUT2D eigenvalue weighted by atomic mass is 19.1. The molecular formula is C14H19FN2O3. The number of carbonyl (C=O) groups excluding carboxylic acids is 1. The Morgan fingerprint density at radius 1 is 1.25 bits per heavy atom. The van der Waals surface area contributed by atoms with Gasteiger partial charge < -0.3 is 20.1 Å². The monoisotopic (exact) mass is 282 g/mol. The van der Waals surface area contributed by atoms with Gasteiger partial charge in [-0.25, -0.2) is 4.39 Å². The summed E-state index contributed by atoms with van der Waals surface area (Å²) in [5.41, 5.74) is 0.117. The number of hydrogen-bond acceptors (Lipinski definition) is 4. The van der Waals surface area contributed by atoms with Gasteiger partial charge >= 0.3 is 0 Å². The van der Waals surface area contributed by atoms with Crippen LogP contribution in [-0.2, 0) is 4.79 Å². The summed E-state index contributed by atoms with van der Waals surface area (Å²) in [6.45, 7) is 1.62. The van der Waals surface area contributed by atoms with Gasteiger partial charge in [-0.3, -0.25) is 4.79 Å². The second kappa shape index (κ2) is 6.56. The van der Waals surface area contributed by atoms with Crippen LogP contribution in [0.2, 0.25) is 0 Å². The molecule has 0 atom stereocenters. The molecule has 5 nitrogen and oxygen atoms in total. The molecule has 1 saturated heterocycles. The standard InChI is InChI=1S/C14H19FN2O3/c1-19-12-7-10(15)11(8-13(12)20-2)17-14(18)9-3-5-16-6-4-9/h7-9,16H,3-6H2,1-2H3,(H,17,18). The van der Waals surface area contributed by atoms with Gasteiger partial charge in [-0.2, -0.15) is 0 Å². The lowest BCUT2D eigenvalue weighted by Crippen LogP contribution is -2.34. The second-order valence-electron chi connectivity index (χ2n) is 4.70. The van der Waals surface area contributed by atoms with Gasteiger partial charge in [-0.15, -0.1) is 0 Å². The van der Waals surface area contributed by atoms with E-state index >= 15 is 0 Å². The third-order valence-electron chi connectivity index (χ3n) is 3.44. The lowest BCUT2D eigenvalue weighted by atomic mass is 9.97. The molecule has 1 aromatic carbocycles. The fourth-order valence-electron chi connectivity index (χ4n) is 2.27. The van der Waals surface area contributed by atoms with Crippen LogP contribution in [0, 0.1) is 11.7 Å². The van der Waals surface area contributed by atoms with Crippen molar-refractivity contribution in [3.05, 3.63) is 17.9 Å². The Labute approximate surface area is 117 Å². The van der Waals surface area contributed by atoms with Crippen molar-refractivity contribution in [2.75, 3.05) is 32.6 Å². The van der Waals surface area contributed by atoms with Gasteiger partial charge in [0.05, 0.1) is 19.9 Å². The first-order valence-electron chi connectivity index (χ1n) is 6.58. The Morgan fingerprint density at radius 3 is 2.45 bits per heavy atom. The Bertz CT molecular complexity index is 488. The van der Waals surface area contributed by atoms with Crippen LogP contribution in [0.25, 0.3) is 0 Å². The Balaban J connectivity index is 2.13. The number of ether oxygens (including phenoxy) is 2. The largest absolute Gasteiger partial charge is 0.493 e. The zero-order chi connectivity index (χ0) is 14.5. The summed E-state index contributed by atoms with van der Waals surface area (Å²) in [5.74, 6) is -0.0920. The van der Waals surface area contributed by atoms with Crippen molar-refractivity contribution < 1.29 is 18.7 Å².